The lowest BCUT2D eigenvalue weighted by Crippen LogP contribution is -2.15. The van der Waals surface area contributed by atoms with Gasteiger partial charge in [-0.15, -0.1) is 0 Å². The second kappa shape index (κ2) is 5.89. The molecule has 0 aromatic heterocycles. The first-order valence-electron chi connectivity index (χ1n) is 7.35. The van der Waals surface area contributed by atoms with Gasteiger partial charge < -0.3 is 10.4 Å². The third kappa shape index (κ3) is 3.02. The molecule has 1 saturated carbocycles. The Balaban J connectivity index is 1.69. The van der Waals surface area contributed by atoms with Crippen molar-refractivity contribution >= 4 is 11.6 Å². The standard InChI is InChI=1S/C18H18FNO2/c1-11-5-6-12(10-21)7-17(11)20-18(22)16-9-15(16)13-3-2-4-14(19)8-13/h2-8,15-16,21H,9-10H2,1H3,(H,20,22). The average molecular weight is 299 g/mol. The maximum Gasteiger partial charge on any atom is 0.228 e. The largest absolute Gasteiger partial charge is 0.392 e. The number of benzene rings is 2. The normalized spacial score (nSPS) is 19.8. The summed E-state index contributed by atoms with van der Waals surface area (Å²) >= 11 is 0. The van der Waals surface area contributed by atoms with Crippen LogP contribution in [-0.4, -0.2) is 11.0 Å². The van der Waals surface area contributed by atoms with Gasteiger partial charge in [-0.2, -0.15) is 0 Å². The number of nitrogens with one attached hydrogen (secondary N) is 1. The summed E-state index contributed by atoms with van der Waals surface area (Å²) < 4.78 is 13.2. The Morgan fingerprint density at radius 2 is 2.14 bits per heavy atom. The van der Waals surface area contributed by atoms with Crippen LogP contribution in [-0.2, 0) is 11.4 Å². The van der Waals surface area contributed by atoms with E-state index in [0.717, 1.165) is 28.8 Å². The Bertz CT molecular complexity index is 714. The van der Waals surface area contributed by atoms with Crippen molar-refractivity contribution in [3.05, 3.63) is 65.0 Å². The highest BCUT2D eigenvalue weighted by Gasteiger charge is 2.44. The van der Waals surface area contributed by atoms with E-state index in [4.69, 9.17) is 0 Å². The van der Waals surface area contributed by atoms with Crippen molar-refractivity contribution in [2.75, 3.05) is 5.32 Å². The molecule has 1 amide bonds. The average Bonchev–Trinajstić information content (AvgIpc) is 3.30. The van der Waals surface area contributed by atoms with Crippen LogP contribution in [0.25, 0.3) is 0 Å². The second-order valence-corrected chi connectivity index (χ2v) is 5.80. The maximum absolute atomic E-state index is 13.2. The van der Waals surface area contributed by atoms with Gasteiger partial charge in [-0.1, -0.05) is 24.3 Å². The van der Waals surface area contributed by atoms with Gasteiger partial charge in [-0.25, -0.2) is 4.39 Å². The van der Waals surface area contributed by atoms with Gasteiger partial charge in [0.15, 0.2) is 0 Å². The molecule has 3 rings (SSSR count). The molecule has 22 heavy (non-hydrogen) atoms. The SMILES string of the molecule is Cc1ccc(CO)cc1NC(=O)C1CC1c1cccc(F)c1. The lowest BCUT2D eigenvalue weighted by Gasteiger charge is -2.10. The smallest absolute Gasteiger partial charge is 0.228 e. The van der Waals surface area contributed by atoms with Crippen LogP contribution in [0.2, 0.25) is 0 Å². The van der Waals surface area contributed by atoms with E-state index in [-0.39, 0.29) is 30.2 Å². The number of halogens is 1. The van der Waals surface area contributed by atoms with Gasteiger partial charge in [-0.05, 0) is 54.2 Å². The Morgan fingerprint density at radius 1 is 1.32 bits per heavy atom. The number of aryl methyl sites for hydroxylation is 1. The molecule has 1 fully saturated rings. The number of rotatable bonds is 4. The second-order valence-electron chi connectivity index (χ2n) is 5.80. The lowest BCUT2D eigenvalue weighted by atomic mass is 10.1. The zero-order valence-electron chi connectivity index (χ0n) is 12.3. The summed E-state index contributed by atoms with van der Waals surface area (Å²) in [4.78, 5) is 12.3. The number of carbonyl (C=O) groups is 1. The quantitative estimate of drug-likeness (QED) is 0.909. The van der Waals surface area contributed by atoms with E-state index in [2.05, 4.69) is 5.32 Å². The molecule has 2 aromatic rings. The zero-order chi connectivity index (χ0) is 15.7. The summed E-state index contributed by atoms with van der Waals surface area (Å²) in [6.07, 6.45) is 0.744. The first-order chi connectivity index (χ1) is 10.6. The maximum atomic E-state index is 13.2. The predicted molar refractivity (Wildman–Crippen MR) is 83.0 cm³/mol. The van der Waals surface area contributed by atoms with E-state index in [1.54, 1.807) is 12.1 Å². The molecule has 2 unspecified atom stereocenters. The van der Waals surface area contributed by atoms with Gasteiger partial charge in [0.2, 0.25) is 5.91 Å². The number of anilines is 1. The molecule has 0 radical (unpaired) electrons. The van der Waals surface area contributed by atoms with Gasteiger partial charge in [0.25, 0.3) is 0 Å². The number of hydrogen-bond donors (Lipinski definition) is 2. The van der Waals surface area contributed by atoms with Crippen molar-refractivity contribution in [3.8, 4) is 0 Å². The number of carbonyl (C=O) groups excluding carboxylic acids is 1. The van der Waals surface area contributed by atoms with Crippen molar-refractivity contribution in [1.82, 2.24) is 0 Å². The summed E-state index contributed by atoms with van der Waals surface area (Å²) in [5, 5.41) is 12.1. The molecule has 2 aromatic carbocycles. The number of aliphatic hydroxyl groups excluding tert-OH is 1. The fourth-order valence-electron chi connectivity index (χ4n) is 2.72. The number of aliphatic hydroxyl groups is 1. The fraction of sp³-hybridized carbons (Fsp3) is 0.278. The lowest BCUT2D eigenvalue weighted by molar-refractivity contribution is -0.117. The highest BCUT2D eigenvalue weighted by atomic mass is 19.1. The minimum absolute atomic E-state index is 0.0487. The molecule has 0 spiro atoms. The first kappa shape index (κ1) is 14.7. The van der Waals surface area contributed by atoms with Crippen LogP contribution in [0.1, 0.15) is 29.0 Å². The molecule has 3 nitrogen and oxygen atoms in total. The topological polar surface area (TPSA) is 49.3 Å². The van der Waals surface area contributed by atoms with Crippen LogP contribution < -0.4 is 5.32 Å². The summed E-state index contributed by atoms with van der Waals surface area (Å²) in [6, 6.07) is 11.9. The molecule has 0 bridgehead atoms. The van der Waals surface area contributed by atoms with Crippen LogP contribution >= 0.6 is 0 Å². The Kier molecular flexibility index (Phi) is 3.94. The van der Waals surface area contributed by atoms with Crippen LogP contribution in [0, 0.1) is 18.7 Å². The fourth-order valence-corrected chi connectivity index (χ4v) is 2.72. The van der Waals surface area contributed by atoms with Gasteiger partial charge in [0.05, 0.1) is 6.61 Å². The van der Waals surface area contributed by atoms with E-state index in [0.29, 0.717) is 0 Å². The van der Waals surface area contributed by atoms with Crippen LogP contribution in [0.5, 0.6) is 0 Å². The minimum atomic E-state index is -0.268. The monoisotopic (exact) mass is 299 g/mol. The number of amides is 1. The van der Waals surface area contributed by atoms with Crippen molar-refractivity contribution in [2.45, 2.75) is 25.9 Å². The summed E-state index contributed by atoms with van der Waals surface area (Å²) in [5.41, 5.74) is 3.31. The van der Waals surface area contributed by atoms with Gasteiger partial charge in [0.1, 0.15) is 5.82 Å². The molecule has 2 N–H and O–H groups in total. The highest BCUT2D eigenvalue weighted by molar-refractivity contribution is 5.95. The van der Waals surface area contributed by atoms with Gasteiger partial charge in [0, 0.05) is 11.6 Å². The molecule has 0 heterocycles. The zero-order valence-corrected chi connectivity index (χ0v) is 12.3. The van der Waals surface area contributed by atoms with Crippen LogP contribution in [0.4, 0.5) is 10.1 Å². The van der Waals surface area contributed by atoms with E-state index < -0.39 is 0 Å². The summed E-state index contributed by atoms with van der Waals surface area (Å²) in [7, 11) is 0. The molecule has 1 aliphatic carbocycles. The molecular weight excluding hydrogens is 281 g/mol. The van der Waals surface area contributed by atoms with Gasteiger partial charge in [-0.3, -0.25) is 4.79 Å². The van der Waals surface area contributed by atoms with E-state index in [1.165, 1.54) is 12.1 Å². The number of hydrogen-bond acceptors (Lipinski definition) is 2. The van der Waals surface area contributed by atoms with Crippen LogP contribution in [0.15, 0.2) is 42.5 Å². The van der Waals surface area contributed by atoms with E-state index >= 15 is 0 Å². The molecule has 4 heteroatoms. The molecule has 0 saturated heterocycles. The van der Waals surface area contributed by atoms with Crippen LogP contribution in [0.3, 0.4) is 0 Å². The van der Waals surface area contributed by atoms with E-state index in [9.17, 15) is 14.3 Å². The summed E-state index contributed by atoms with van der Waals surface area (Å²) in [6.45, 7) is 1.85. The summed E-state index contributed by atoms with van der Waals surface area (Å²) in [5.74, 6) is -0.335. The first-order valence-corrected chi connectivity index (χ1v) is 7.35. The third-order valence-corrected chi connectivity index (χ3v) is 4.15. The highest BCUT2D eigenvalue weighted by Crippen LogP contribution is 2.48. The van der Waals surface area contributed by atoms with Crippen molar-refractivity contribution < 1.29 is 14.3 Å². The van der Waals surface area contributed by atoms with Crippen molar-refractivity contribution in [2.24, 2.45) is 5.92 Å². The molecule has 0 aliphatic heterocycles. The predicted octanol–water partition coefficient (Wildman–Crippen LogP) is 3.37. The van der Waals surface area contributed by atoms with E-state index in [1.807, 2.05) is 25.1 Å². The Hall–Kier alpha value is -2.20. The van der Waals surface area contributed by atoms with Crippen molar-refractivity contribution in [1.29, 1.82) is 0 Å². The molecular formula is C18H18FNO2. The Morgan fingerprint density at radius 3 is 2.86 bits per heavy atom. The van der Waals surface area contributed by atoms with Gasteiger partial charge >= 0.3 is 0 Å². The molecule has 114 valence electrons. The minimum Gasteiger partial charge on any atom is -0.392 e. The third-order valence-electron chi connectivity index (χ3n) is 4.15. The Labute approximate surface area is 128 Å². The molecule has 1 aliphatic rings. The molecule has 2 atom stereocenters. The van der Waals surface area contributed by atoms with Crippen molar-refractivity contribution in [3.63, 3.8) is 0 Å².